The van der Waals surface area contributed by atoms with Crippen LogP contribution in [0.3, 0.4) is 0 Å². The number of likely N-dealkylation sites (tertiary alicyclic amines) is 1. The Morgan fingerprint density at radius 1 is 1.39 bits per heavy atom. The average molecular weight is 246 g/mol. The highest BCUT2D eigenvalue weighted by Crippen LogP contribution is 2.44. The second-order valence-corrected chi connectivity index (χ2v) is 4.88. The number of carbonyl (C=O) groups is 2. The monoisotopic (exact) mass is 246 g/mol. The van der Waals surface area contributed by atoms with Gasteiger partial charge in [0.25, 0.3) is 0 Å². The maximum absolute atomic E-state index is 12.0. The van der Waals surface area contributed by atoms with Gasteiger partial charge in [0, 0.05) is 18.7 Å². The molecule has 0 bridgehead atoms. The van der Waals surface area contributed by atoms with Crippen LogP contribution in [0, 0.1) is 5.92 Å². The van der Waals surface area contributed by atoms with Crippen molar-refractivity contribution in [2.24, 2.45) is 5.92 Å². The fraction of sp³-hybridized carbons (Fsp3) is 0.462. The van der Waals surface area contributed by atoms with Gasteiger partial charge in [0.2, 0.25) is 5.91 Å². The number of aliphatic carboxylic acids is 1. The molecule has 18 heavy (non-hydrogen) atoms. The van der Waals surface area contributed by atoms with Gasteiger partial charge < -0.3 is 10.0 Å². The van der Waals surface area contributed by atoms with Crippen LogP contribution in [0.2, 0.25) is 0 Å². The number of carboxylic acid groups (broad SMARTS) is 1. The van der Waals surface area contributed by atoms with Crippen LogP contribution < -0.4 is 0 Å². The molecule has 2 heterocycles. The Morgan fingerprint density at radius 3 is 2.72 bits per heavy atom. The minimum absolute atomic E-state index is 0.0550. The summed E-state index contributed by atoms with van der Waals surface area (Å²) in [6.07, 6.45) is 3.68. The lowest BCUT2D eigenvalue weighted by molar-refractivity contribution is -0.142. The normalized spacial score (nSPS) is 27.6. The standard InChI is InChI=1S/C13H14N2O3/c16-11-7-9(13(17)18)12(15(11)8-4-5-8)10-3-1-2-6-14-10/h1-3,6,8-9,12H,4-5,7H2,(H,17,18)/t9-,12+/m1/s1. The van der Waals surface area contributed by atoms with Crippen molar-refractivity contribution in [3.05, 3.63) is 30.1 Å². The van der Waals surface area contributed by atoms with Gasteiger partial charge in [0.1, 0.15) is 0 Å². The number of amides is 1. The van der Waals surface area contributed by atoms with Crippen LogP contribution >= 0.6 is 0 Å². The maximum Gasteiger partial charge on any atom is 0.309 e. The Morgan fingerprint density at radius 2 is 2.17 bits per heavy atom. The summed E-state index contributed by atoms with van der Waals surface area (Å²) in [4.78, 5) is 29.3. The third-order valence-corrected chi connectivity index (χ3v) is 3.61. The van der Waals surface area contributed by atoms with E-state index in [0.717, 1.165) is 12.8 Å². The van der Waals surface area contributed by atoms with E-state index in [4.69, 9.17) is 0 Å². The van der Waals surface area contributed by atoms with Crippen molar-refractivity contribution < 1.29 is 14.7 Å². The maximum atomic E-state index is 12.0. The second kappa shape index (κ2) is 4.08. The van der Waals surface area contributed by atoms with Gasteiger partial charge in [-0.1, -0.05) is 6.07 Å². The first-order valence-corrected chi connectivity index (χ1v) is 6.13. The van der Waals surface area contributed by atoms with Crippen LogP contribution in [-0.2, 0) is 9.59 Å². The molecule has 3 rings (SSSR count). The van der Waals surface area contributed by atoms with Crippen LogP contribution in [0.1, 0.15) is 31.0 Å². The van der Waals surface area contributed by atoms with Crippen molar-refractivity contribution in [2.45, 2.75) is 31.3 Å². The lowest BCUT2D eigenvalue weighted by atomic mass is 9.97. The molecule has 0 spiro atoms. The lowest BCUT2D eigenvalue weighted by Crippen LogP contribution is -2.32. The van der Waals surface area contributed by atoms with Gasteiger partial charge in [-0.25, -0.2) is 0 Å². The average Bonchev–Trinajstić information content (AvgIpc) is 3.13. The van der Waals surface area contributed by atoms with Gasteiger partial charge in [-0.3, -0.25) is 14.6 Å². The van der Waals surface area contributed by atoms with E-state index in [1.165, 1.54) is 0 Å². The van der Waals surface area contributed by atoms with Gasteiger partial charge in [-0.15, -0.1) is 0 Å². The van der Waals surface area contributed by atoms with Crippen LogP contribution in [0.25, 0.3) is 0 Å². The molecule has 1 aliphatic carbocycles. The van der Waals surface area contributed by atoms with Crippen molar-refractivity contribution in [3.8, 4) is 0 Å². The van der Waals surface area contributed by atoms with E-state index in [1.54, 1.807) is 23.2 Å². The van der Waals surface area contributed by atoms with Gasteiger partial charge in [0.05, 0.1) is 17.7 Å². The fourth-order valence-electron chi connectivity index (χ4n) is 2.66. The third kappa shape index (κ3) is 1.75. The number of aromatic nitrogens is 1. The summed E-state index contributed by atoms with van der Waals surface area (Å²) in [7, 11) is 0. The predicted octanol–water partition coefficient (Wildman–Crippen LogP) is 1.22. The first-order valence-electron chi connectivity index (χ1n) is 6.13. The highest BCUT2D eigenvalue weighted by molar-refractivity contribution is 5.87. The Hall–Kier alpha value is -1.91. The molecule has 1 N–H and O–H groups in total. The zero-order chi connectivity index (χ0) is 12.7. The molecule has 0 unspecified atom stereocenters. The molecule has 5 nitrogen and oxygen atoms in total. The molecule has 0 aromatic carbocycles. The highest BCUT2D eigenvalue weighted by Gasteiger charge is 2.50. The van der Waals surface area contributed by atoms with Crippen molar-refractivity contribution in [3.63, 3.8) is 0 Å². The second-order valence-electron chi connectivity index (χ2n) is 4.88. The van der Waals surface area contributed by atoms with E-state index in [1.807, 2.05) is 6.07 Å². The summed E-state index contributed by atoms with van der Waals surface area (Å²) >= 11 is 0. The van der Waals surface area contributed by atoms with E-state index in [2.05, 4.69) is 4.98 Å². The van der Waals surface area contributed by atoms with Crippen molar-refractivity contribution >= 4 is 11.9 Å². The van der Waals surface area contributed by atoms with Crippen LogP contribution in [0.5, 0.6) is 0 Å². The molecule has 1 aromatic rings. The van der Waals surface area contributed by atoms with E-state index in [-0.39, 0.29) is 18.4 Å². The zero-order valence-electron chi connectivity index (χ0n) is 9.82. The van der Waals surface area contributed by atoms with Gasteiger partial charge in [-0.05, 0) is 25.0 Å². The van der Waals surface area contributed by atoms with Crippen molar-refractivity contribution in [1.82, 2.24) is 9.88 Å². The smallest absolute Gasteiger partial charge is 0.309 e. The Bertz CT molecular complexity index is 484. The molecule has 94 valence electrons. The molecule has 1 saturated carbocycles. The fourth-order valence-corrected chi connectivity index (χ4v) is 2.66. The van der Waals surface area contributed by atoms with E-state index in [9.17, 15) is 14.7 Å². The van der Waals surface area contributed by atoms with E-state index in [0.29, 0.717) is 5.69 Å². The van der Waals surface area contributed by atoms with Gasteiger partial charge in [0.15, 0.2) is 0 Å². The van der Waals surface area contributed by atoms with Crippen LogP contribution in [0.15, 0.2) is 24.4 Å². The minimum atomic E-state index is -0.915. The summed E-state index contributed by atoms with van der Waals surface area (Å²) in [6, 6.07) is 5.24. The summed E-state index contributed by atoms with van der Waals surface area (Å²) in [5, 5.41) is 9.28. The molecule has 2 atom stereocenters. The summed E-state index contributed by atoms with van der Waals surface area (Å²) < 4.78 is 0. The number of hydrogen-bond donors (Lipinski definition) is 1. The number of rotatable bonds is 3. The van der Waals surface area contributed by atoms with E-state index < -0.39 is 17.9 Å². The first kappa shape index (κ1) is 11.2. The molecular weight excluding hydrogens is 232 g/mol. The SMILES string of the molecule is O=C(O)[C@@H]1CC(=O)N(C2CC2)[C@@H]1c1ccccn1. The Labute approximate surface area is 104 Å². The number of nitrogens with zero attached hydrogens (tertiary/aromatic N) is 2. The molecule has 1 saturated heterocycles. The van der Waals surface area contributed by atoms with Crippen molar-refractivity contribution in [2.75, 3.05) is 0 Å². The molecule has 1 amide bonds. The molecule has 5 heteroatoms. The zero-order valence-corrected chi connectivity index (χ0v) is 9.82. The summed E-state index contributed by atoms with van der Waals surface area (Å²) in [5.41, 5.74) is 0.683. The summed E-state index contributed by atoms with van der Waals surface area (Å²) in [6.45, 7) is 0. The predicted molar refractivity (Wildman–Crippen MR) is 62.6 cm³/mol. The highest BCUT2D eigenvalue weighted by atomic mass is 16.4. The number of hydrogen-bond acceptors (Lipinski definition) is 3. The molecule has 1 aromatic heterocycles. The van der Waals surface area contributed by atoms with Crippen LogP contribution in [0.4, 0.5) is 0 Å². The minimum Gasteiger partial charge on any atom is -0.481 e. The molecule has 0 radical (unpaired) electrons. The van der Waals surface area contributed by atoms with Crippen LogP contribution in [-0.4, -0.2) is 32.9 Å². The molecule has 2 aliphatic rings. The molecule has 1 aliphatic heterocycles. The van der Waals surface area contributed by atoms with Crippen molar-refractivity contribution in [1.29, 1.82) is 0 Å². The number of carboxylic acids is 1. The van der Waals surface area contributed by atoms with Gasteiger partial charge >= 0.3 is 5.97 Å². The molecular formula is C13H14N2O3. The Balaban J connectivity index is 1.99. The first-order chi connectivity index (χ1) is 8.68. The number of carbonyl (C=O) groups excluding carboxylic acids is 1. The quantitative estimate of drug-likeness (QED) is 0.870. The number of pyridine rings is 1. The van der Waals surface area contributed by atoms with E-state index >= 15 is 0 Å². The lowest BCUT2D eigenvalue weighted by Gasteiger charge is -2.26. The Kier molecular flexibility index (Phi) is 2.54. The van der Waals surface area contributed by atoms with Gasteiger partial charge in [-0.2, -0.15) is 0 Å². The summed E-state index contributed by atoms with van der Waals surface area (Å²) in [5.74, 6) is -1.64. The topological polar surface area (TPSA) is 70.5 Å². The third-order valence-electron chi connectivity index (χ3n) is 3.61. The largest absolute Gasteiger partial charge is 0.481 e. The molecule has 2 fully saturated rings.